The van der Waals surface area contributed by atoms with Crippen molar-refractivity contribution in [3.63, 3.8) is 0 Å². The lowest BCUT2D eigenvalue weighted by molar-refractivity contribution is -0.119. The van der Waals surface area contributed by atoms with E-state index in [1.807, 2.05) is 54.6 Å². The quantitative estimate of drug-likeness (QED) is 0.0439. The summed E-state index contributed by atoms with van der Waals surface area (Å²) >= 11 is 0. The van der Waals surface area contributed by atoms with Gasteiger partial charge < -0.3 is 35.7 Å². The summed E-state index contributed by atoms with van der Waals surface area (Å²) in [5, 5.41) is 11.7. The molecule has 15 heteroatoms. The van der Waals surface area contributed by atoms with Crippen molar-refractivity contribution < 1.29 is 4.79 Å². The van der Waals surface area contributed by atoms with Crippen LogP contribution < -0.4 is 36.6 Å². The SMILES string of the molecule is CCN(CC)CN(CC)c1nc(Nc2ccc(NCC(=O)NCc3ccc4c(=O)c5cc6[nH]c7ccccc7c(=O)c6cc5[nH]c4c3)cc2)nc(N(CC)CN(CC)CC)n1. The summed E-state index contributed by atoms with van der Waals surface area (Å²) < 4.78 is 0. The zero-order valence-corrected chi connectivity index (χ0v) is 35.9. The molecule has 318 valence electrons. The maximum absolute atomic E-state index is 13.6. The number of fused-ring (bicyclic) bond motifs is 4. The summed E-state index contributed by atoms with van der Waals surface area (Å²) in [5.41, 5.74) is 4.70. The molecule has 4 aromatic carbocycles. The van der Waals surface area contributed by atoms with E-state index in [0.717, 1.165) is 61.7 Å². The van der Waals surface area contributed by atoms with Crippen LogP contribution in [0, 0.1) is 0 Å². The number of amides is 1. The molecular formula is C46H56N12O3. The first-order valence-corrected chi connectivity index (χ1v) is 21.3. The fraction of sp³-hybridized carbons (Fsp3) is 0.348. The Labute approximate surface area is 355 Å². The van der Waals surface area contributed by atoms with Crippen LogP contribution in [0.15, 0.2) is 88.5 Å². The number of rotatable bonds is 19. The molecule has 0 unspecified atom stereocenters. The molecule has 0 bridgehead atoms. The molecule has 5 N–H and O–H groups in total. The maximum Gasteiger partial charge on any atom is 0.239 e. The number of aromatic nitrogens is 5. The fourth-order valence-corrected chi connectivity index (χ4v) is 7.43. The molecule has 0 aliphatic carbocycles. The molecule has 0 radical (unpaired) electrons. The second-order valence-corrected chi connectivity index (χ2v) is 15.0. The Morgan fingerprint density at radius 3 is 1.67 bits per heavy atom. The number of hydrogen-bond donors (Lipinski definition) is 5. The summed E-state index contributed by atoms with van der Waals surface area (Å²) in [6, 6.07) is 23.9. The number of carbonyl (C=O) groups excluding carboxylic acids is 1. The van der Waals surface area contributed by atoms with Gasteiger partial charge in [0.2, 0.25) is 23.8 Å². The van der Waals surface area contributed by atoms with Crippen molar-refractivity contribution in [3.8, 4) is 0 Å². The van der Waals surface area contributed by atoms with Gasteiger partial charge in [-0.05, 0) is 106 Å². The number of anilines is 5. The van der Waals surface area contributed by atoms with E-state index in [2.05, 4.69) is 87.1 Å². The molecule has 0 fully saturated rings. The number of pyridine rings is 2. The maximum atomic E-state index is 13.6. The van der Waals surface area contributed by atoms with Crippen molar-refractivity contribution in [2.75, 3.05) is 79.6 Å². The molecule has 0 saturated carbocycles. The van der Waals surface area contributed by atoms with Crippen LogP contribution in [-0.2, 0) is 11.3 Å². The predicted octanol–water partition coefficient (Wildman–Crippen LogP) is 6.58. The first kappa shape index (κ1) is 42.5. The Morgan fingerprint density at radius 1 is 0.574 bits per heavy atom. The number of nitrogens with one attached hydrogen (secondary N) is 5. The number of hydrogen-bond acceptors (Lipinski definition) is 12. The second-order valence-electron chi connectivity index (χ2n) is 15.0. The summed E-state index contributed by atoms with van der Waals surface area (Å²) in [7, 11) is 0. The molecule has 7 rings (SSSR count). The molecule has 15 nitrogen and oxygen atoms in total. The van der Waals surface area contributed by atoms with Gasteiger partial charge in [-0.1, -0.05) is 45.9 Å². The van der Waals surface area contributed by atoms with Crippen molar-refractivity contribution in [1.29, 1.82) is 0 Å². The average Bonchev–Trinajstić information content (AvgIpc) is 3.28. The predicted molar refractivity (Wildman–Crippen MR) is 249 cm³/mol. The van der Waals surface area contributed by atoms with Crippen LogP contribution in [0.2, 0.25) is 0 Å². The summed E-state index contributed by atoms with van der Waals surface area (Å²) in [6.07, 6.45) is 0. The van der Waals surface area contributed by atoms with Gasteiger partial charge >= 0.3 is 0 Å². The second kappa shape index (κ2) is 19.2. The first-order valence-electron chi connectivity index (χ1n) is 21.3. The number of nitrogens with zero attached hydrogens (tertiary/aromatic N) is 7. The van der Waals surface area contributed by atoms with E-state index in [9.17, 15) is 14.4 Å². The van der Waals surface area contributed by atoms with Gasteiger partial charge in [-0.3, -0.25) is 24.2 Å². The van der Waals surface area contributed by atoms with Gasteiger partial charge in [-0.2, -0.15) is 15.0 Å². The minimum Gasteiger partial charge on any atom is -0.376 e. The van der Waals surface area contributed by atoms with Crippen LogP contribution in [0.3, 0.4) is 0 Å². The lowest BCUT2D eigenvalue weighted by Crippen LogP contribution is -2.40. The normalized spacial score (nSPS) is 11.6. The van der Waals surface area contributed by atoms with Crippen LogP contribution in [0.5, 0.6) is 0 Å². The highest BCUT2D eigenvalue weighted by molar-refractivity contribution is 6.02. The highest BCUT2D eigenvalue weighted by Gasteiger charge is 2.19. The Bertz CT molecular complexity index is 2720. The van der Waals surface area contributed by atoms with Crippen molar-refractivity contribution in [2.24, 2.45) is 0 Å². The minimum atomic E-state index is -0.187. The number of benzene rings is 4. The van der Waals surface area contributed by atoms with Gasteiger partial charge in [0.15, 0.2) is 10.9 Å². The van der Waals surface area contributed by atoms with Crippen LogP contribution in [0.4, 0.5) is 29.2 Å². The molecule has 0 spiro atoms. The lowest BCUT2D eigenvalue weighted by Gasteiger charge is -2.31. The monoisotopic (exact) mass is 824 g/mol. The van der Waals surface area contributed by atoms with Gasteiger partial charge in [0.05, 0.1) is 36.4 Å². The zero-order valence-electron chi connectivity index (χ0n) is 35.9. The Kier molecular flexibility index (Phi) is 13.4. The minimum absolute atomic E-state index is 0.0666. The van der Waals surface area contributed by atoms with Crippen LogP contribution in [-0.4, -0.2) is 99.8 Å². The third-order valence-electron chi connectivity index (χ3n) is 11.2. The summed E-state index contributed by atoms with van der Waals surface area (Å²) in [4.78, 5) is 70.2. The molecule has 3 aromatic heterocycles. The van der Waals surface area contributed by atoms with E-state index in [1.165, 1.54) is 0 Å². The summed E-state index contributed by atoms with van der Waals surface area (Å²) in [5.74, 6) is 1.51. The third kappa shape index (κ3) is 9.58. The molecule has 0 saturated heterocycles. The standard InChI is InChI=1S/C46H56N12O3/c1-7-55(8-2)28-57(11-5)45-52-44(53-46(54-45)58(12-6)29-56(9-3)10-4)49-32-20-18-31(19-21-32)47-27-41(59)48-26-30-17-22-34-38(23-30)51-40-25-35-39(24-36(40)43(34)61)50-37-16-14-13-15-33(37)42(35)60/h13-25,47H,7-12,26-29H2,1-6H3,(H,48,59)(H,50,60)(H,51,61)(H,49,52,53,54). The van der Waals surface area contributed by atoms with E-state index in [1.54, 1.807) is 24.3 Å². The largest absolute Gasteiger partial charge is 0.376 e. The van der Waals surface area contributed by atoms with E-state index < -0.39 is 0 Å². The van der Waals surface area contributed by atoms with E-state index >= 15 is 0 Å². The van der Waals surface area contributed by atoms with E-state index in [0.29, 0.717) is 69.3 Å². The van der Waals surface area contributed by atoms with Gasteiger partial charge in [0, 0.05) is 58.1 Å². The molecule has 61 heavy (non-hydrogen) atoms. The van der Waals surface area contributed by atoms with Crippen LogP contribution in [0.25, 0.3) is 43.6 Å². The number of carbonyl (C=O) groups is 1. The lowest BCUT2D eigenvalue weighted by atomic mass is 10.0. The van der Waals surface area contributed by atoms with Gasteiger partial charge in [-0.25, -0.2) is 0 Å². The van der Waals surface area contributed by atoms with E-state index in [4.69, 9.17) is 15.0 Å². The smallest absolute Gasteiger partial charge is 0.239 e. The molecular weight excluding hydrogens is 769 g/mol. The van der Waals surface area contributed by atoms with Crippen molar-refractivity contribution in [3.05, 3.63) is 105 Å². The summed E-state index contributed by atoms with van der Waals surface area (Å²) in [6.45, 7) is 19.8. The van der Waals surface area contributed by atoms with Gasteiger partial charge in [0.25, 0.3) is 0 Å². The number of para-hydroxylation sites is 1. The molecule has 7 aromatic rings. The first-order chi connectivity index (χ1) is 29.6. The van der Waals surface area contributed by atoms with Crippen molar-refractivity contribution in [1.82, 2.24) is 40.0 Å². The molecule has 0 aliphatic heterocycles. The highest BCUT2D eigenvalue weighted by atomic mass is 16.2. The van der Waals surface area contributed by atoms with Crippen LogP contribution in [0.1, 0.15) is 47.1 Å². The highest BCUT2D eigenvalue weighted by Crippen LogP contribution is 2.24. The average molecular weight is 825 g/mol. The molecule has 0 aliphatic rings. The van der Waals surface area contributed by atoms with Gasteiger partial charge in [0.1, 0.15) is 0 Å². The van der Waals surface area contributed by atoms with Crippen molar-refractivity contribution in [2.45, 2.75) is 48.1 Å². The topological polar surface area (TPSA) is 171 Å². The van der Waals surface area contributed by atoms with Crippen LogP contribution >= 0.6 is 0 Å². The third-order valence-corrected chi connectivity index (χ3v) is 11.2. The van der Waals surface area contributed by atoms with Gasteiger partial charge in [-0.15, -0.1) is 0 Å². The number of H-pyrrole nitrogens is 2. The zero-order chi connectivity index (χ0) is 43.0. The molecule has 3 heterocycles. The van der Waals surface area contributed by atoms with Crippen molar-refractivity contribution >= 4 is 78.7 Å². The Hall–Kier alpha value is -6.58. The van der Waals surface area contributed by atoms with E-state index in [-0.39, 0.29) is 29.9 Å². The molecule has 1 amide bonds. The Morgan fingerprint density at radius 2 is 1.10 bits per heavy atom. The Balaban J connectivity index is 1.01. The molecule has 0 atom stereocenters. The number of aromatic amines is 2. The fourth-order valence-electron chi connectivity index (χ4n) is 7.43.